The number of anilines is 1. The monoisotopic (exact) mass is 438 g/mol. The number of nitro benzene ring substituents is 1. The smallest absolute Gasteiger partial charge is 0.282 e. The summed E-state index contributed by atoms with van der Waals surface area (Å²) in [4.78, 5) is 42.5. The number of likely N-dealkylation sites (tertiary alicyclic amines) is 1. The lowest BCUT2D eigenvalue weighted by Crippen LogP contribution is -2.43. The average molecular weight is 438 g/mol. The first-order chi connectivity index (χ1) is 15.3. The fourth-order valence-corrected chi connectivity index (χ4v) is 4.27. The van der Waals surface area contributed by atoms with Gasteiger partial charge in [0.25, 0.3) is 17.5 Å². The van der Waals surface area contributed by atoms with Crippen LogP contribution in [0.2, 0.25) is 0 Å². The Morgan fingerprint density at radius 1 is 1.06 bits per heavy atom. The second kappa shape index (κ2) is 8.51. The number of imide groups is 1. The van der Waals surface area contributed by atoms with Crippen molar-refractivity contribution in [1.29, 1.82) is 0 Å². The minimum atomic E-state index is -0.579. The molecule has 9 heteroatoms. The molecule has 0 atom stereocenters. The first-order valence-corrected chi connectivity index (χ1v) is 10.3. The number of rotatable bonds is 5. The van der Waals surface area contributed by atoms with Crippen LogP contribution in [-0.4, -0.2) is 59.8 Å². The van der Waals surface area contributed by atoms with Crippen LogP contribution < -0.4 is 4.90 Å². The zero-order valence-corrected chi connectivity index (χ0v) is 17.8. The maximum atomic E-state index is 13.9. The number of halogens is 1. The van der Waals surface area contributed by atoms with Gasteiger partial charge in [0, 0.05) is 25.2 Å². The number of likely N-dealkylation sites (N-methyl/N-ethyl adjacent to an activating group) is 1. The van der Waals surface area contributed by atoms with Crippen LogP contribution in [0.25, 0.3) is 5.57 Å². The summed E-state index contributed by atoms with van der Waals surface area (Å²) >= 11 is 0. The summed E-state index contributed by atoms with van der Waals surface area (Å²) in [6.45, 7) is 1.73. The number of piperidine rings is 1. The standard InChI is InChI=1S/C23H23FN4O4/c1-25-12-10-17(11-13-25)26(2)21-20(15-6-8-18(9-7-15)28(31)32)22(29)27(23(21)30)19-5-3-4-16(24)14-19/h3-9,14,17H,10-13H2,1-2H3. The molecule has 2 aliphatic heterocycles. The summed E-state index contributed by atoms with van der Waals surface area (Å²) in [6.07, 6.45) is 1.65. The molecule has 2 heterocycles. The first-order valence-electron chi connectivity index (χ1n) is 10.3. The third kappa shape index (κ3) is 3.87. The van der Waals surface area contributed by atoms with Crippen molar-refractivity contribution < 1.29 is 18.9 Å². The molecular weight excluding hydrogens is 415 g/mol. The number of non-ortho nitro benzene ring substituents is 1. The zero-order chi connectivity index (χ0) is 23.0. The predicted octanol–water partition coefficient (Wildman–Crippen LogP) is 3.04. The van der Waals surface area contributed by atoms with E-state index in [0.29, 0.717) is 5.56 Å². The third-order valence-corrected chi connectivity index (χ3v) is 6.08. The molecule has 0 saturated carbocycles. The molecule has 0 bridgehead atoms. The van der Waals surface area contributed by atoms with E-state index in [2.05, 4.69) is 4.90 Å². The maximum absolute atomic E-state index is 13.9. The van der Waals surface area contributed by atoms with Gasteiger partial charge in [0.1, 0.15) is 11.5 Å². The molecule has 2 aromatic carbocycles. The maximum Gasteiger partial charge on any atom is 0.282 e. The van der Waals surface area contributed by atoms with E-state index < -0.39 is 22.6 Å². The number of carbonyl (C=O) groups excluding carboxylic acids is 2. The highest BCUT2D eigenvalue weighted by atomic mass is 19.1. The van der Waals surface area contributed by atoms with Gasteiger partial charge in [-0.05, 0) is 68.9 Å². The van der Waals surface area contributed by atoms with Crippen LogP contribution in [0.4, 0.5) is 15.8 Å². The van der Waals surface area contributed by atoms with E-state index in [1.807, 2.05) is 11.9 Å². The molecule has 1 saturated heterocycles. The SMILES string of the molecule is CN1CCC(N(C)C2=C(c3ccc([N+](=O)[O-])cc3)C(=O)N(c3cccc(F)c3)C2=O)CC1. The quantitative estimate of drug-likeness (QED) is 0.405. The van der Waals surface area contributed by atoms with Crippen LogP contribution in [0.5, 0.6) is 0 Å². The molecule has 2 amide bonds. The number of carbonyl (C=O) groups is 2. The topological polar surface area (TPSA) is 87.0 Å². The normalized spacial score (nSPS) is 17.9. The van der Waals surface area contributed by atoms with Crippen molar-refractivity contribution >= 4 is 28.8 Å². The Hall–Kier alpha value is -3.59. The van der Waals surface area contributed by atoms with Crippen molar-refractivity contribution in [3.8, 4) is 0 Å². The fraction of sp³-hybridized carbons (Fsp3) is 0.304. The van der Waals surface area contributed by atoms with Crippen LogP contribution in [0.3, 0.4) is 0 Å². The molecule has 1 fully saturated rings. The summed E-state index contributed by atoms with van der Waals surface area (Å²) in [6, 6.07) is 10.9. The van der Waals surface area contributed by atoms with E-state index in [0.717, 1.165) is 36.9 Å². The molecule has 166 valence electrons. The molecule has 0 N–H and O–H groups in total. The van der Waals surface area contributed by atoms with Crippen LogP contribution in [0, 0.1) is 15.9 Å². The summed E-state index contributed by atoms with van der Waals surface area (Å²) in [7, 11) is 3.82. The number of hydrogen-bond donors (Lipinski definition) is 0. The highest BCUT2D eigenvalue weighted by Crippen LogP contribution is 2.36. The van der Waals surface area contributed by atoms with Gasteiger partial charge in [0.2, 0.25) is 0 Å². The van der Waals surface area contributed by atoms with Crippen molar-refractivity contribution in [2.75, 3.05) is 32.1 Å². The minimum absolute atomic E-state index is 0.0541. The molecular formula is C23H23FN4O4. The molecule has 32 heavy (non-hydrogen) atoms. The van der Waals surface area contributed by atoms with E-state index in [9.17, 15) is 24.1 Å². The van der Waals surface area contributed by atoms with Gasteiger partial charge >= 0.3 is 0 Å². The number of benzene rings is 2. The third-order valence-electron chi connectivity index (χ3n) is 6.08. The van der Waals surface area contributed by atoms with Gasteiger partial charge in [0.15, 0.2) is 0 Å². The van der Waals surface area contributed by atoms with E-state index in [1.165, 1.54) is 42.5 Å². The first kappa shape index (κ1) is 21.6. The highest BCUT2D eigenvalue weighted by Gasteiger charge is 2.43. The van der Waals surface area contributed by atoms with Crippen molar-refractivity contribution in [3.63, 3.8) is 0 Å². The predicted molar refractivity (Wildman–Crippen MR) is 117 cm³/mol. The van der Waals surface area contributed by atoms with E-state index in [-0.39, 0.29) is 28.7 Å². The Morgan fingerprint density at radius 2 is 1.72 bits per heavy atom. The molecule has 8 nitrogen and oxygen atoms in total. The van der Waals surface area contributed by atoms with Gasteiger partial charge < -0.3 is 9.80 Å². The van der Waals surface area contributed by atoms with Crippen molar-refractivity contribution in [2.24, 2.45) is 0 Å². The second-order valence-electron chi connectivity index (χ2n) is 8.10. The van der Waals surface area contributed by atoms with Crippen molar-refractivity contribution in [1.82, 2.24) is 9.80 Å². The van der Waals surface area contributed by atoms with Gasteiger partial charge in [-0.1, -0.05) is 6.07 Å². The van der Waals surface area contributed by atoms with E-state index in [1.54, 1.807) is 7.05 Å². The van der Waals surface area contributed by atoms with Gasteiger partial charge in [-0.3, -0.25) is 19.7 Å². The van der Waals surface area contributed by atoms with Crippen LogP contribution in [-0.2, 0) is 9.59 Å². The Morgan fingerprint density at radius 3 is 2.31 bits per heavy atom. The van der Waals surface area contributed by atoms with Crippen LogP contribution >= 0.6 is 0 Å². The van der Waals surface area contributed by atoms with Gasteiger partial charge in [-0.2, -0.15) is 0 Å². The van der Waals surface area contributed by atoms with Gasteiger partial charge in [0.05, 0.1) is 16.2 Å². The Kier molecular flexibility index (Phi) is 5.75. The Bertz CT molecular complexity index is 1110. The van der Waals surface area contributed by atoms with E-state index >= 15 is 0 Å². The zero-order valence-electron chi connectivity index (χ0n) is 17.8. The van der Waals surface area contributed by atoms with E-state index in [4.69, 9.17) is 0 Å². The molecule has 0 aliphatic carbocycles. The van der Waals surface area contributed by atoms with Crippen molar-refractivity contribution in [2.45, 2.75) is 18.9 Å². The summed E-state index contributed by atoms with van der Waals surface area (Å²) in [5.74, 6) is -1.67. The summed E-state index contributed by atoms with van der Waals surface area (Å²) in [5.41, 5.74) is 0.824. The average Bonchev–Trinajstić information content (AvgIpc) is 3.03. The lowest BCUT2D eigenvalue weighted by Gasteiger charge is -2.36. The summed E-state index contributed by atoms with van der Waals surface area (Å²) < 4.78 is 13.9. The van der Waals surface area contributed by atoms with Crippen LogP contribution in [0.1, 0.15) is 18.4 Å². The molecule has 0 unspecified atom stereocenters. The molecule has 0 aromatic heterocycles. The molecule has 2 aromatic rings. The van der Waals surface area contributed by atoms with Gasteiger partial charge in [-0.25, -0.2) is 9.29 Å². The molecule has 4 rings (SSSR count). The number of hydrogen-bond acceptors (Lipinski definition) is 6. The highest BCUT2D eigenvalue weighted by molar-refractivity contribution is 6.45. The number of amides is 2. The Labute approximate surface area is 184 Å². The van der Waals surface area contributed by atoms with Crippen LogP contribution in [0.15, 0.2) is 54.2 Å². The van der Waals surface area contributed by atoms with Gasteiger partial charge in [-0.15, -0.1) is 0 Å². The minimum Gasteiger partial charge on any atom is -0.366 e. The fourth-order valence-electron chi connectivity index (χ4n) is 4.27. The Balaban J connectivity index is 1.79. The molecule has 0 spiro atoms. The lowest BCUT2D eigenvalue weighted by molar-refractivity contribution is -0.384. The number of nitro groups is 1. The lowest BCUT2D eigenvalue weighted by atomic mass is 10.00. The molecule has 0 radical (unpaired) electrons. The number of nitrogens with zero attached hydrogens (tertiary/aromatic N) is 4. The summed E-state index contributed by atoms with van der Waals surface area (Å²) in [5, 5.41) is 11.0. The van der Waals surface area contributed by atoms with Crippen molar-refractivity contribution in [3.05, 3.63) is 75.7 Å². The molecule has 2 aliphatic rings. The second-order valence-corrected chi connectivity index (χ2v) is 8.10. The largest absolute Gasteiger partial charge is 0.366 e.